The number of amides is 2. The molecule has 5 nitrogen and oxygen atoms in total. The van der Waals surface area contributed by atoms with Gasteiger partial charge in [0.15, 0.2) is 0 Å². The van der Waals surface area contributed by atoms with Crippen LogP contribution in [0, 0.1) is 0 Å². The summed E-state index contributed by atoms with van der Waals surface area (Å²) in [5, 5.41) is 5.44. The Bertz CT molecular complexity index is 1210. The lowest BCUT2D eigenvalue weighted by Crippen LogP contribution is -2.56. The quantitative estimate of drug-likeness (QED) is 0.343. The Balaban J connectivity index is 1.49. The van der Waals surface area contributed by atoms with Gasteiger partial charge in [-0.2, -0.15) is 13.2 Å². The van der Waals surface area contributed by atoms with Crippen molar-refractivity contribution in [2.24, 2.45) is 0 Å². The van der Waals surface area contributed by atoms with Crippen molar-refractivity contribution in [3.05, 3.63) is 72.6 Å². The van der Waals surface area contributed by atoms with E-state index in [1.807, 2.05) is 0 Å². The van der Waals surface area contributed by atoms with Crippen molar-refractivity contribution in [3.63, 3.8) is 0 Å². The summed E-state index contributed by atoms with van der Waals surface area (Å²) in [7, 11) is 0. The Labute approximate surface area is 228 Å². The summed E-state index contributed by atoms with van der Waals surface area (Å²) >= 11 is 21.0. The summed E-state index contributed by atoms with van der Waals surface area (Å²) in [5.74, 6) is -2.70. The highest BCUT2D eigenvalue weighted by atomic mass is 79.9. The molecule has 2 N–H and O–H groups in total. The highest BCUT2D eigenvalue weighted by Crippen LogP contribution is 2.41. The van der Waals surface area contributed by atoms with Crippen molar-refractivity contribution >= 4 is 68.6 Å². The van der Waals surface area contributed by atoms with Gasteiger partial charge in [-0.1, -0.05) is 53.0 Å². The molecule has 0 spiro atoms. The molecule has 1 heterocycles. The second-order valence-electron chi connectivity index (χ2n) is 8.66. The molecule has 0 radical (unpaired) electrons. The average molecular weight is 627 g/mol. The van der Waals surface area contributed by atoms with Crippen LogP contribution < -0.4 is 10.6 Å². The van der Waals surface area contributed by atoms with Crippen LogP contribution in [0.4, 0.5) is 13.2 Å². The maximum Gasteiger partial charge on any atom is 0.399 e. The molecule has 2 aromatic rings. The average Bonchev–Trinajstić information content (AvgIpc) is 3.54. The molecule has 2 fully saturated rings. The van der Waals surface area contributed by atoms with Gasteiger partial charge >= 0.3 is 6.18 Å². The predicted octanol–water partition coefficient (Wildman–Crippen LogP) is 6.55. The van der Waals surface area contributed by atoms with Gasteiger partial charge < -0.3 is 15.4 Å². The SMILES string of the molecule is O=C(NC1(C(=O)NC2COC2)CC1)c1ccc(/C=C/C(c2cc(Cl)c(Cl)c(Cl)c2)C(F)(F)F)cc1Br. The van der Waals surface area contributed by atoms with E-state index in [0.717, 1.165) is 18.2 Å². The number of carbonyl (C=O) groups is 2. The molecule has 12 heteroatoms. The minimum Gasteiger partial charge on any atom is -0.377 e. The van der Waals surface area contributed by atoms with E-state index in [1.165, 1.54) is 24.3 Å². The molecule has 36 heavy (non-hydrogen) atoms. The van der Waals surface area contributed by atoms with E-state index in [2.05, 4.69) is 26.6 Å². The minimum atomic E-state index is -4.61. The van der Waals surface area contributed by atoms with Crippen LogP contribution in [0.3, 0.4) is 0 Å². The zero-order valence-electron chi connectivity index (χ0n) is 18.4. The molecule has 2 aromatic carbocycles. The molecule has 192 valence electrons. The molecule has 1 unspecified atom stereocenters. The fraction of sp³-hybridized carbons (Fsp3) is 0.333. The van der Waals surface area contributed by atoms with E-state index in [-0.39, 0.29) is 38.1 Å². The second kappa shape index (κ2) is 10.5. The first-order valence-corrected chi connectivity index (χ1v) is 12.7. The van der Waals surface area contributed by atoms with Crippen LogP contribution in [-0.2, 0) is 9.53 Å². The number of rotatable bonds is 7. The Morgan fingerprint density at radius 2 is 1.75 bits per heavy atom. The molecule has 4 rings (SSSR count). The number of carbonyl (C=O) groups excluding carboxylic acids is 2. The fourth-order valence-electron chi connectivity index (χ4n) is 3.65. The third-order valence-electron chi connectivity index (χ3n) is 5.95. The summed E-state index contributed by atoms with van der Waals surface area (Å²) < 4.78 is 46.8. The van der Waals surface area contributed by atoms with Crippen molar-refractivity contribution in [2.75, 3.05) is 13.2 Å². The van der Waals surface area contributed by atoms with Crippen molar-refractivity contribution in [1.29, 1.82) is 0 Å². The molecule has 0 bridgehead atoms. The van der Waals surface area contributed by atoms with Crippen LogP contribution in [0.25, 0.3) is 6.08 Å². The number of hydrogen-bond donors (Lipinski definition) is 2. The third-order valence-corrected chi connectivity index (χ3v) is 7.80. The zero-order chi connectivity index (χ0) is 26.3. The third kappa shape index (κ3) is 6.02. The topological polar surface area (TPSA) is 67.4 Å². The van der Waals surface area contributed by atoms with Crippen LogP contribution in [0.15, 0.2) is 40.9 Å². The molecular weight excluding hydrogens is 608 g/mol. The predicted molar refractivity (Wildman–Crippen MR) is 136 cm³/mol. The number of ether oxygens (including phenoxy) is 1. The molecule has 2 amide bonds. The van der Waals surface area contributed by atoms with Gasteiger partial charge in [0, 0.05) is 4.47 Å². The number of benzene rings is 2. The van der Waals surface area contributed by atoms with Crippen molar-refractivity contribution < 1.29 is 27.5 Å². The number of halogens is 7. The molecular formula is C24H19BrCl3F3N2O3. The number of nitrogens with one attached hydrogen (secondary N) is 2. The van der Waals surface area contributed by atoms with Gasteiger partial charge in [-0.25, -0.2) is 0 Å². The normalized spacial score (nSPS) is 18.0. The summed E-state index contributed by atoms with van der Waals surface area (Å²) in [6.45, 7) is 0.896. The van der Waals surface area contributed by atoms with Crippen LogP contribution in [0.2, 0.25) is 15.1 Å². The van der Waals surface area contributed by atoms with Gasteiger partial charge in [-0.05, 0) is 64.2 Å². The molecule has 1 aliphatic heterocycles. The van der Waals surface area contributed by atoms with Gasteiger partial charge in [0.25, 0.3) is 5.91 Å². The van der Waals surface area contributed by atoms with Crippen LogP contribution in [-0.4, -0.2) is 42.8 Å². The lowest BCUT2D eigenvalue weighted by molar-refractivity contribution is -0.139. The van der Waals surface area contributed by atoms with E-state index < -0.39 is 23.5 Å². The molecule has 1 aliphatic carbocycles. The molecule has 2 aliphatic rings. The Kier molecular flexibility index (Phi) is 7.98. The highest BCUT2D eigenvalue weighted by molar-refractivity contribution is 9.10. The number of hydrogen-bond acceptors (Lipinski definition) is 3. The van der Waals surface area contributed by atoms with E-state index in [9.17, 15) is 22.8 Å². The van der Waals surface area contributed by atoms with E-state index in [0.29, 0.717) is 36.1 Å². The van der Waals surface area contributed by atoms with Gasteiger partial charge in [-0.3, -0.25) is 9.59 Å². The summed E-state index contributed by atoms with van der Waals surface area (Å²) in [4.78, 5) is 25.4. The molecule has 1 saturated heterocycles. The lowest BCUT2D eigenvalue weighted by atomic mass is 9.97. The second-order valence-corrected chi connectivity index (χ2v) is 10.7. The van der Waals surface area contributed by atoms with E-state index in [1.54, 1.807) is 0 Å². The maximum atomic E-state index is 13.8. The fourth-order valence-corrected chi connectivity index (χ4v) is 4.84. The highest BCUT2D eigenvalue weighted by Gasteiger charge is 2.52. The largest absolute Gasteiger partial charge is 0.399 e. The lowest BCUT2D eigenvalue weighted by Gasteiger charge is -2.29. The molecule has 1 saturated carbocycles. The van der Waals surface area contributed by atoms with Crippen LogP contribution in [0.1, 0.15) is 40.2 Å². The van der Waals surface area contributed by atoms with Crippen molar-refractivity contribution in [3.8, 4) is 0 Å². The Morgan fingerprint density at radius 3 is 2.25 bits per heavy atom. The molecule has 1 atom stereocenters. The maximum absolute atomic E-state index is 13.8. The standard InChI is InChI=1S/C24H19BrCl3F3N2O3/c25-17-7-12(2-4-16(24(29,30)31)13-8-18(26)20(28)19(27)9-13)1-3-15(17)21(34)33-23(5-6-23)22(35)32-14-10-36-11-14/h1-4,7-9,14,16H,5-6,10-11H2,(H,32,35)(H,33,34)/b4-2+. The first-order chi connectivity index (χ1) is 16.9. The van der Waals surface area contributed by atoms with Crippen LogP contribution in [0.5, 0.6) is 0 Å². The molecule has 0 aromatic heterocycles. The minimum absolute atomic E-state index is 0.0210. The Hall–Kier alpha value is -1.78. The van der Waals surface area contributed by atoms with Crippen molar-refractivity contribution in [1.82, 2.24) is 10.6 Å². The number of alkyl halides is 3. The van der Waals surface area contributed by atoms with E-state index >= 15 is 0 Å². The first-order valence-electron chi connectivity index (χ1n) is 10.8. The zero-order valence-corrected chi connectivity index (χ0v) is 22.2. The first kappa shape index (κ1) is 27.3. The summed E-state index contributed by atoms with van der Waals surface area (Å²) in [5.41, 5.74) is -0.439. The van der Waals surface area contributed by atoms with Crippen molar-refractivity contribution in [2.45, 2.75) is 36.5 Å². The summed E-state index contributed by atoms with van der Waals surface area (Å²) in [6.07, 6.45) is -1.30. The summed E-state index contributed by atoms with van der Waals surface area (Å²) in [6, 6.07) is 6.71. The van der Waals surface area contributed by atoms with E-state index in [4.69, 9.17) is 39.5 Å². The van der Waals surface area contributed by atoms with Gasteiger partial charge in [0.05, 0.1) is 45.8 Å². The van der Waals surface area contributed by atoms with Gasteiger partial charge in [0.1, 0.15) is 5.54 Å². The number of allylic oxidation sites excluding steroid dienone is 1. The Morgan fingerprint density at radius 1 is 1.11 bits per heavy atom. The monoisotopic (exact) mass is 624 g/mol. The smallest absolute Gasteiger partial charge is 0.377 e. The van der Waals surface area contributed by atoms with Crippen LogP contribution >= 0.6 is 50.7 Å². The van der Waals surface area contributed by atoms with Gasteiger partial charge in [0.2, 0.25) is 5.91 Å². The van der Waals surface area contributed by atoms with Gasteiger partial charge in [-0.15, -0.1) is 0 Å².